The normalized spacial score (nSPS) is 24.8. The van der Waals surface area contributed by atoms with Crippen LogP contribution >= 0.6 is 0 Å². The Balaban J connectivity index is 0.0000000961. The van der Waals surface area contributed by atoms with Crippen molar-refractivity contribution < 1.29 is 4.42 Å². The summed E-state index contributed by atoms with van der Waals surface area (Å²) in [6.45, 7) is 0. The molecule has 146 heavy (non-hydrogen) atoms. The number of hydrogen-bond acceptors (Lipinski definition) is 1. The molecular weight excluding hydrogens is 1760 g/mol. The van der Waals surface area contributed by atoms with Gasteiger partial charge in [-0.2, -0.15) is 0 Å². The van der Waals surface area contributed by atoms with Gasteiger partial charge in [-0.3, -0.25) is 0 Å². The zero-order chi connectivity index (χ0) is 95.1. The highest BCUT2D eigenvalue weighted by atomic mass is 16.3. The molecule has 0 aliphatic heterocycles. The summed E-state index contributed by atoms with van der Waals surface area (Å²) in [7, 11) is 0. The van der Waals surface area contributed by atoms with Crippen molar-refractivity contribution in [1.29, 1.82) is 0 Å². The van der Waals surface area contributed by atoms with Gasteiger partial charge >= 0.3 is 0 Å². The highest BCUT2D eigenvalue weighted by Gasteiger charge is 2.65. The lowest BCUT2D eigenvalue weighted by Gasteiger charge is -2.61. The van der Waals surface area contributed by atoms with E-state index in [0.717, 1.165) is 93.3 Å². The van der Waals surface area contributed by atoms with Crippen LogP contribution in [0.4, 0.5) is 0 Å². The molecule has 12 bridgehead atoms. The average Bonchev–Trinajstić information content (AvgIpc) is 1.49. The van der Waals surface area contributed by atoms with Gasteiger partial charge in [0, 0.05) is 82.0 Å². The third kappa shape index (κ3) is 11.4. The van der Waals surface area contributed by atoms with E-state index in [1.165, 1.54) is 278 Å². The number of rotatable bonds is 8. The van der Waals surface area contributed by atoms with Crippen molar-refractivity contribution in [3.8, 4) is 106 Å². The van der Waals surface area contributed by atoms with E-state index in [0.29, 0.717) is 0 Å². The molecule has 23 aromatic rings. The molecule has 4 heteroatoms. The minimum absolute atomic E-state index is 0.155. The SMILES string of the molecule is c1ccc(-c2ccc(-n3c4ccccc4c4c(-c5cccc6c5-c5ccccc5C65C6CC7CC(C6)CC5C7)cccc43)c(-c3ccccc3)c2)cc1.c1ccc2c(c1)-c1c(-c3cccc4c3c3ccccc3n4-c3ccc4c(c3)oc3ccccc34)cccc1C21C2CC3CC(C2)CC1C3.c1ccc2c(c1)-c1c(-c3cccc4c3c3ccccc3n4-c3cccc4ccccc34)cccc1C21C2CC3CC(C2)CC1C3. The number of fused-ring (bicyclic) bond motifs is 22. The molecule has 15 aliphatic rings. The zero-order valence-electron chi connectivity index (χ0n) is 82.1. The Morgan fingerprint density at radius 3 is 0.966 bits per heavy atom. The van der Waals surface area contributed by atoms with Gasteiger partial charge in [-0.05, 0) is 362 Å². The second-order valence-electron chi connectivity index (χ2n) is 46.2. The fourth-order valence-corrected chi connectivity index (χ4v) is 35.5. The van der Waals surface area contributed by atoms with Gasteiger partial charge in [0.1, 0.15) is 11.2 Å². The first-order valence-electron chi connectivity index (χ1n) is 54.8. The summed E-state index contributed by atoms with van der Waals surface area (Å²) in [5.41, 5.74) is 45.2. The summed E-state index contributed by atoms with van der Waals surface area (Å²) in [5, 5.41) is 12.8. The largest absolute Gasteiger partial charge is 0.456 e. The molecule has 38 rings (SSSR count). The maximum absolute atomic E-state index is 6.37. The predicted octanol–water partition coefficient (Wildman–Crippen LogP) is 36.9. The van der Waals surface area contributed by atoms with Gasteiger partial charge in [-0.15, -0.1) is 0 Å². The molecule has 0 atom stereocenters. The van der Waals surface area contributed by atoms with Crippen molar-refractivity contribution in [2.45, 2.75) is 113 Å². The lowest BCUT2D eigenvalue weighted by Crippen LogP contribution is -2.55. The minimum atomic E-state index is 0.155. The smallest absolute Gasteiger partial charge is 0.137 e. The van der Waals surface area contributed by atoms with E-state index in [1.54, 1.807) is 33.4 Å². The molecule has 0 N–H and O–H groups in total. The first kappa shape index (κ1) is 83.0. The number of para-hydroxylation sites is 4. The second kappa shape index (κ2) is 31.3. The number of hydrogen-bond donors (Lipinski definition) is 0. The molecule has 4 nitrogen and oxygen atoms in total. The van der Waals surface area contributed by atoms with Gasteiger partial charge in [0.2, 0.25) is 0 Å². The molecule has 19 aromatic carbocycles. The molecule has 0 amide bonds. The van der Waals surface area contributed by atoms with Crippen LogP contribution in [0.1, 0.15) is 130 Å². The van der Waals surface area contributed by atoms with Crippen molar-refractivity contribution >= 4 is 98.1 Å². The van der Waals surface area contributed by atoms with Crippen LogP contribution in [0.3, 0.4) is 0 Å². The standard InChI is InChI=1S/C52H41N.C46H35NO.C44H35N/c1-3-13-35(14-4-1)37-25-26-48(44(32-37)36-15-5-2-6-16-36)53-47-23-10-8-18-43(47)51-41(20-12-24-49(51)53)40-19-11-22-46-50(40)42-17-7-9-21-45(42)52(46)38-28-33-27-34(30-38)31-39(52)29-33;1-4-14-38-36(10-1)44-34(12-7-15-39(44)46(38)29-22-27-21-28(24-29)25-30(46)23-27)35-13-8-17-41-45(35)37-11-2-5-16-40(37)47(41)31-19-20-33-32-9-3-6-18-42(32)48-43(33)26-31;1-2-12-32-29(10-1)11-7-20-39(32)45-40-19-6-4-14-36(40)43-34(16-9-21-41(43)45)33-15-8-18-38-42(33)35-13-3-5-17-37(35)44(38)30-23-27-22-28(25-30)26-31(44)24-27/h1-26,32-34,38-39H,27-31H2;1-20,26-30H,21-25H2;1-21,27-28,30-31H,22-26H2. The van der Waals surface area contributed by atoms with Crippen molar-refractivity contribution in [2.75, 3.05) is 0 Å². The van der Waals surface area contributed by atoms with Crippen LogP contribution in [0.2, 0.25) is 0 Å². The van der Waals surface area contributed by atoms with Crippen LogP contribution in [-0.2, 0) is 16.2 Å². The van der Waals surface area contributed by atoms with E-state index in [4.69, 9.17) is 4.42 Å². The van der Waals surface area contributed by atoms with Crippen LogP contribution in [0.15, 0.2) is 423 Å². The van der Waals surface area contributed by atoms with Crippen molar-refractivity contribution in [1.82, 2.24) is 13.7 Å². The third-order valence-corrected chi connectivity index (χ3v) is 39.8. The molecule has 12 saturated carbocycles. The van der Waals surface area contributed by atoms with Gasteiger partial charge in [-0.1, -0.05) is 340 Å². The number of furan rings is 1. The molecule has 0 saturated heterocycles. The fourth-order valence-electron chi connectivity index (χ4n) is 35.5. The first-order valence-corrected chi connectivity index (χ1v) is 54.8. The van der Waals surface area contributed by atoms with Gasteiger partial charge < -0.3 is 18.1 Å². The Hall–Kier alpha value is -15.4. The highest BCUT2D eigenvalue weighted by molar-refractivity contribution is 6.21. The van der Waals surface area contributed by atoms with Crippen LogP contribution in [0, 0.1) is 71.0 Å². The maximum atomic E-state index is 6.37. The molecule has 0 unspecified atom stereocenters. The topological polar surface area (TPSA) is 27.9 Å². The van der Waals surface area contributed by atoms with Gasteiger partial charge in [0.15, 0.2) is 0 Å². The Kier molecular flexibility index (Phi) is 17.8. The van der Waals surface area contributed by atoms with E-state index in [9.17, 15) is 0 Å². The fraction of sp³-hybridized carbons (Fsp3) is 0.211. The summed E-state index contributed by atoms with van der Waals surface area (Å²) in [4.78, 5) is 0. The van der Waals surface area contributed by atoms with Crippen LogP contribution in [0.25, 0.3) is 204 Å². The third-order valence-electron chi connectivity index (χ3n) is 39.8. The van der Waals surface area contributed by atoms with E-state index >= 15 is 0 Å². The molecule has 4 aromatic heterocycles. The van der Waals surface area contributed by atoms with Crippen molar-refractivity contribution in [3.63, 3.8) is 0 Å². The van der Waals surface area contributed by atoms with E-state index in [2.05, 4.69) is 426 Å². The van der Waals surface area contributed by atoms with E-state index < -0.39 is 0 Å². The summed E-state index contributed by atoms with van der Waals surface area (Å²) in [6.07, 6.45) is 21.3. The average molecular weight is 1880 g/mol. The molecule has 4 heterocycles. The Morgan fingerprint density at radius 1 is 0.185 bits per heavy atom. The Bertz CT molecular complexity index is 9360. The maximum Gasteiger partial charge on any atom is 0.137 e. The summed E-state index contributed by atoms with van der Waals surface area (Å²) in [5.74, 6) is 10.2. The van der Waals surface area contributed by atoms with E-state index in [-0.39, 0.29) is 16.2 Å². The van der Waals surface area contributed by atoms with Crippen molar-refractivity contribution in [3.05, 3.63) is 452 Å². The van der Waals surface area contributed by atoms with Gasteiger partial charge in [0.25, 0.3) is 0 Å². The molecular formula is C142H111N3O. The van der Waals surface area contributed by atoms with E-state index in [1.807, 2.05) is 6.07 Å². The summed E-state index contributed by atoms with van der Waals surface area (Å²) < 4.78 is 13.9. The summed E-state index contributed by atoms with van der Waals surface area (Å²) in [6, 6.07) is 158. The first-order chi connectivity index (χ1) is 72.3. The molecule has 0 radical (unpaired) electrons. The minimum Gasteiger partial charge on any atom is -0.456 e. The summed E-state index contributed by atoms with van der Waals surface area (Å²) >= 11 is 0. The molecule has 15 aliphatic carbocycles. The molecule has 700 valence electrons. The molecule has 3 spiro atoms. The van der Waals surface area contributed by atoms with Gasteiger partial charge in [0.05, 0.1) is 44.5 Å². The van der Waals surface area contributed by atoms with Gasteiger partial charge in [-0.25, -0.2) is 0 Å². The highest BCUT2D eigenvalue weighted by Crippen LogP contribution is 2.75. The Morgan fingerprint density at radius 2 is 0.507 bits per heavy atom. The number of aromatic nitrogens is 3. The number of nitrogens with zero attached hydrogens (tertiary/aromatic N) is 3. The lowest BCUT2D eigenvalue weighted by atomic mass is 9.43. The van der Waals surface area contributed by atoms with Crippen LogP contribution in [0.5, 0.6) is 0 Å². The predicted molar refractivity (Wildman–Crippen MR) is 604 cm³/mol. The quantitative estimate of drug-likeness (QED) is 0.149. The Labute approximate surface area is 851 Å². The monoisotopic (exact) mass is 1870 g/mol. The van der Waals surface area contributed by atoms with Crippen molar-refractivity contribution in [2.24, 2.45) is 71.0 Å². The zero-order valence-corrected chi connectivity index (χ0v) is 82.1. The van der Waals surface area contributed by atoms with Crippen LogP contribution in [-0.4, -0.2) is 13.7 Å². The van der Waals surface area contributed by atoms with Crippen LogP contribution < -0.4 is 0 Å². The number of benzene rings is 19. The lowest BCUT2D eigenvalue weighted by molar-refractivity contribution is -0.0399. The molecule has 12 fully saturated rings. The second-order valence-corrected chi connectivity index (χ2v) is 46.2.